The molecule has 32 heavy (non-hydrogen) atoms. The molecule has 6 nitrogen and oxygen atoms in total. The number of carbonyl (C=O) groups excluding carboxylic acids is 1. The fraction of sp³-hybridized carbons (Fsp3) is 0.609. The Hall–Kier alpha value is -2.58. The fourth-order valence-electron chi connectivity index (χ4n) is 4.36. The van der Waals surface area contributed by atoms with Crippen LogP contribution in [0.4, 0.5) is 18.0 Å². The van der Waals surface area contributed by atoms with Gasteiger partial charge in [-0.3, -0.25) is 9.79 Å². The van der Waals surface area contributed by atoms with E-state index in [0.717, 1.165) is 50.8 Å². The predicted octanol–water partition coefficient (Wildman–Crippen LogP) is 5.14. The van der Waals surface area contributed by atoms with Crippen molar-refractivity contribution in [3.8, 4) is 0 Å². The van der Waals surface area contributed by atoms with Gasteiger partial charge < -0.3 is 14.9 Å². The van der Waals surface area contributed by atoms with Gasteiger partial charge in [-0.25, -0.2) is 4.79 Å². The third-order valence-electron chi connectivity index (χ3n) is 6.07. The van der Waals surface area contributed by atoms with Gasteiger partial charge in [0.2, 0.25) is 0 Å². The summed E-state index contributed by atoms with van der Waals surface area (Å²) in [6, 6.07) is 3.34. The Morgan fingerprint density at radius 1 is 1.16 bits per heavy atom. The number of aliphatic carboxylic acids is 1. The monoisotopic (exact) mass is 453 g/mol. The molecule has 9 heteroatoms. The molecule has 1 N–H and O–H groups in total. The van der Waals surface area contributed by atoms with E-state index < -0.39 is 30.2 Å². The topological polar surface area (TPSA) is 73.2 Å². The van der Waals surface area contributed by atoms with Crippen LogP contribution in [-0.2, 0) is 11.0 Å². The van der Waals surface area contributed by atoms with Gasteiger partial charge in [-0.15, -0.1) is 0 Å². The molecule has 2 amide bonds. The molecule has 1 atom stereocenters. The number of aliphatic imine (C=N–C) groups is 1. The third kappa shape index (κ3) is 6.46. The zero-order valence-corrected chi connectivity index (χ0v) is 18.1. The molecule has 176 valence electrons. The first-order chi connectivity index (χ1) is 15.3. The average molecular weight is 454 g/mol. The highest BCUT2D eigenvalue weighted by Gasteiger charge is 2.37. The SMILES string of the molecule is O=C(O)C[C@@H](c1cccc(C(F)(F)F)c1)N1CCN(CCCCCC2=NCCCC2)C1=O. The van der Waals surface area contributed by atoms with Crippen LogP contribution in [0, 0.1) is 0 Å². The Morgan fingerprint density at radius 3 is 2.66 bits per heavy atom. The highest BCUT2D eigenvalue weighted by molar-refractivity contribution is 5.84. The lowest BCUT2D eigenvalue weighted by atomic mass is 10.00. The van der Waals surface area contributed by atoms with E-state index in [0.29, 0.717) is 19.6 Å². The molecule has 0 spiro atoms. The maximum absolute atomic E-state index is 13.1. The average Bonchev–Trinajstić information content (AvgIpc) is 3.12. The molecular weight excluding hydrogens is 423 g/mol. The van der Waals surface area contributed by atoms with E-state index in [1.807, 2.05) is 0 Å². The van der Waals surface area contributed by atoms with Gasteiger partial charge >= 0.3 is 18.2 Å². The molecule has 3 rings (SSSR count). The second-order valence-electron chi connectivity index (χ2n) is 8.42. The number of rotatable bonds is 10. The molecule has 0 bridgehead atoms. The van der Waals surface area contributed by atoms with Crippen molar-refractivity contribution >= 4 is 17.7 Å². The van der Waals surface area contributed by atoms with Crippen LogP contribution >= 0.6 is 0 Å². The Labute approximate surface area is 186 Å². The number of carbonyl (C=O) groups is 2. The summed E-state index contributed by atoms with van der Waals surface area (Å²) in [7, 11) is 0. The smallest absolute Gasteiger partial charge is 0.416 e. The summed E-state index contributed by atoms with van der Waals surface area (Å²) in [6.07, 6.45) is 2.31. The lowest BCUT2D eigenvalue weighted by molar-refractivity contribution is -0.138. The minimum atomic E-state index is -4.53. The van der Waals surface area contributed by atoms with Gasteiger partial charge in [0.25, 0.3) is 0 Å². The summed E-state index contributed by atoms with van der Waals surface area (Å²) < 4.78 is 39.4. The number of halogens is 3. The highest BCUT2D eigenvalue weighted by Crippen LogP contribution is 2.34. The normalized spacial score (nSPS) is 18.1. The number of hydrogen-bond donors (Lipinski definition) is 1. The zero-order valence-electron chi connectivity index (χ0n) is 18.1. The molecule has 1 aromatic rings. The molecule has 0 radical (unpaired) electrons. The molecule has 0 aliphatic carbocycles. The van der Waals surface area contributed by atoms with Crippen molar-refractivity contribution in [2.24, 2.45) is 4.99 Å². The Balaban J connectivity index is 1.57. The molecule has 0 unspecified atom stereocenters. The minimum absolute atomic E-state index is 0.186. The summed E-state index contributed by atoms with van der Waals surface area (Å²) >= 11 is 0. The number of unbranched alkanes of at least 4 members (excludes halogenated alkanes) is 2. The maximum Gasteiger partial charge on any atom is 0.416 e. The van der Waals surface area contributed by atoms with Crippen molar-refractivity contribution in [1.82, 2.24) is 9.80 Å². The molecule has 0 aromatic heterocycles. The van der Waals surface area contributed by atoms with E-state index >= 15 is 0 Å². The van der Waals surface area contributed by atoms with Crippen molar-refractivity contribution in [3.63, 3.8) is 0 Å². The summed E-state index contributed by atoms with van der Waals surface area (Å²) in [6.45, 7) is 2.23. The highest BCUT2D eigenvalue weighted by atomic mass is 19.4. The van der Waals surface area contributed by atoms with Crippen LogP contribution < -0.4 is 0 Å². The van der Waals surface area contributed by atoms with Crippen LogP contribution in [0.3, 0.4) is 0 Å². The standard InChI is InChI=1S/C23H30F3N3O3/c24-23(25,26)18-8-6-7-17(15-18)20(16-21(30)31)29-14-13-28(22(29)32)12-5-1-2-9-19-10-3-4-11-27-19/h6-8,15,20H,1-5,9-14,16H2,(H,30,31)/t20-/m0/s1. The molecule has 2 aliphatic rings. The predicted molar refractivity (Wildman–Crippen MR) is 115 cm³/mol. The van der Waals surface area contributed by atoms with Gasteiger partial charge in [0.1, 0.15) is 0 Å². The molecular formula is C23H30F3N3O3. The fourth-order valence-corrected chi connectivity index (χ4v) is 4.36. The van der Waals surface area contributed by atoms with Crippen LogP contribution in [0.5, 0.6) is 0 Å². The zero-order chi connectivity index (χ0) is 23.1. The van der Waals surface area contributed by atoms with E-state index in [4.69, 9.17) is 0 Å². The maximum atomic E-state index is 13.1. The van der Waals surface area contributed by atoms with Crippen molar-refractivity contribution in [1.29, 1.82) is 0 Å². The first kappa shape index (κ1) is 24.1. The number of carboxylic acid groups (broad SMARTS) is 1. The molecule has 1 aromatic carbocycles. The molecule has 1 fully saturated rings. The Kier molecular flexibility index (Phi) is 8.15. The van der Waals surface area contributed by atoms with Gasteiger partial charge in [-0.1, -0.05) is 18.6 Å². The van der Waals surface area contributed by atoms with Crippen LogP contribution in [0.25, 0.3) is 0 Å². The van der Waals surface area contributed by atoms with Crippen LogP contribution in [0.2, 0.25) is 0 Å². The first-order valence-electron chi connectivity index (χ1n) is 11.2. The lowest BCUT2D eigenvalue weighted by Gasteiger charge is -2.28. The Morgan fingerprint density at radius 2 is 1.97 bits per heavy atom. The number of amides is 2. The van der Waals surface area contributed by atoms with Gasteiger partial charge in [0.15, 0.2) is 0 Å². The number of alkyl halides is 3. The van der Waals surface area contributed by atoms with Crippen molar-refractivity contribution in [2.75, 3.05) is 26.2 Å². The molecule has 0 saturated carbocycles. The second-order valence-corrected chi connectivity index (χ2v) is 8.42. The lowest BCUT2D eigenvalue weighted by Crippen LogP contribution is -2.36. The van der Waals surface area contributed by atoms with Gasteiger partial charge in [-0.05, 0) is 56.2 Å². The number of carboxylic acids is 1. The van der Waals surface area contributed by atoms with E-state index in [-0.39, 0.29) is 11.6 Å². The van der Waals surface area contributed by atoms with Crippen LogP contribution in [0.15, 0.2) is 29.3 Å². The molecule has 1 saturated heterocycles. The molecule has 2 heterocycles. The summed E-state index contributed by atoms with van der Waals surface area (Å²) in [5.74, 6) is -1.16. The van der Waals surface area contributed by atoms with Crippen molar-refractivity contribution < 1.29 is 27.9 Å². The molecule has 2 aliphatic heterocycles. The van der Waals surface area contributed by atoms with Crippen molar-refractivity contribution in [3.05, 3.63) is 35.4 Å². The van der Waals surface area contributed by atoms with E-state index in [2.05, 4.69) is 4.99 Å². The summed E-state index contributed by atoms with van der Waals surface area (Å²) in [5, 5.41) is 9.31. The number of nitrogens with zero attached hydrogens (tertiary/aromatic N) is 3. The summed E-state index contributed by atoms with van der Waals surface area (Å²) in [5.41, 5.74) is 0.624. The van der Waals surface area contributed by atoms with Crippen molar-refractivity contribution in [2.45, 2.75) is 63.6 Å². The first-order valence-corrected chi connectivity index (χ1v) is 11.2. The largest absolute Gasteiger partial charge is 0.481 e. The number of hydrogen-bond acceptors (Lipinski definition) is 3. The second kappa shape index (κ2) is 10.8. The van der Waals surface area contributed by atoms with Gasteiger partial charge in [0.05, 0.1) is 18.0 Å². The third-order valence-corrected chi connectivity index (χ3v) is 6.07. The Bertz CT molecular complexity index is 841. The quantitative estimate of drug-likeness (QED) is 0.499. The van der Waals surface area contributed by atoms with Crippen LogP contribution in [-0.4, -0.2) is 58.8 Å². The number of urea groups is 1. The van der Waals surface area contributed by atoms with E-state index in [1.165, 1.54) is 35.6 Å². The van der Waals surface area contributed by atoms with Crippen LogP contribution in [0.1, 0.15) is 68.5 Å². The van der Waals surface area contributed by atoms with Gasteiger partial charge in [-0.2, -0.15) is 13.2 Å². The van der Waals surface area contributed by atoms with E-state index in [1.54, 1.807) is 4.90 Å². The van der Waals surface area contributed by atoms with Gasteiger partial charge in [0, 0.05) is 31.9 Å². The summed E-state index contributed by atoms with van der Waals surface area (Å²) in [4.78, 5) is 31.9. The number of benzene rings is 1. The minimum Gasteiger partial charge on any atom is -0.481 e. The van der Waals surface area contributed by atoms with E-state index in [9.17, 15) is 27.9 Å².